The fourth-order valence-corrected chi connectivity index (χ4v) is 5.13. The first kappa shape index (κ1) is 22.4. The minimum Gasteiger partial charge on any atom is -0.352 e. The SMILES string of the molecule is C[C@@H](C(=O)NCc1ccccc1Cl)[C@H]1Sc2ccccc2N(Cc2ccccc2F)C1=O. The molecule has 0 saturated heterocycles. The Labute approximate surface area is 195 Å². The Bertz CT molecular complexity index is 1160. The van der Waals surface area contributed by atoms with Gasteiger partial charge in [0.15, 0.2) is 0 Å². The number of nitrogens with one attached hydrogen (secondary N) is 1. The van der Waals surface area contributed by atoms with E-state index in [2.05, 4.69) is 5.32 Å². The second-order valence-corrected chi connectivity index (χ2v) is 9.21. The Kier molecular flexibility index (Phi) is 6.82. The first-order chi connectivity index (χ1) is 15.5. The maximum Gasteiger partial charge on any atom is 0.241 e. The molecular formula is C25H22ClFN2O2S. The van der Waals surface area contributed by atoms with Gasteiger partial charge in [0.1, 0.15) is 11.1 Å². The molecule has 1 aliphatic rings. The van der Waals surface area contributed by atoms with Crippen LogP contribution in [-0.2, 0) is 22.7 Å². The standard InChI is InChI=1S/C25H22ClFN2O2S/c1-16(24(30)28-14-17-8-2-4-10-19(17)26)23-25(31)29(15-18-9-3-5-11-20(18)27)21-12-6-7-13-22(21)32-23/h2-13,16,23H,14-15H2,1H3,(H,28,30)/t16-,23-/m1/s1. The van der Waals surface area contributed by atoms with Crippen molar-refractivity contribution in [3.63, 3.8) is 0 Å². The van der Waals surface area contributed by atoms with Crippen LogP contribution < -0.4 is 10.2 Å². The number of para-hydroxylation sites is 1. The van der Waals surface area contributed by atoms with Gasteiger partial charge in [-0.2, -0.15) is 0 Å². The van der Waals surface area contributed by atoms with Crippen molar-refractivity contribution in [2.24, 2.45) is 5.92 Å². The Hall–Kier alpha value is -2.83. The number of hydrogen-bond donors (Lipinski definition) is 1. The number of halogens is 2. The van der Waals surface area contributed by atoms with E-state index < -0.39 is 11.2 Å². The predicted molar refractivity (Wildman–Crippen MR) is 126 cm³/mol. The first-order valence-electron chi connectivity index (χ1n) is 10.3. The van der Waals surface area contributed by atoms with E-state index in [0.29, 0.717) is 10.6 Å². The van der Waals surface area contributed by atoms with Crippen LogP contribution in [0.15, 0.2) is 77.7 Å². The lowest BCUT2D eigenvalue weighted by molar-refractivity contribution is -0.128. The van der Waals surface area contributed by atoms with Crippen LogP contribution in [-0.4, -0.2) is 17.1 Å². The van der Waals surface area contributed by atoms with Crippen molar-refractivity contribution in [3.05, 3.63) is 94.8 Å². The van der Waals surface area contributed by atoms with Gasteiger partial charge in [0.05, 0.1) is 18.2 Å². The molecule has 0 fully saturated rings. The van der Waals surface area contributed by atoms with E-state index in [4.69, 9.17) is 11.6 Å². The molecule has 0 bridgehead atoms. The van der Waals surface area contributed by atoms with Gasteiger partial charge in [-0.05, 0) is 29.8 Å². The number of rotatable bonds is 6. The Morgan fingerprint density at radius 3 is 2.47 bits per heavy atom. The van der Waals surface area contributed by atoms with Crippen LogP contribution in [0.2, 0.25) is 5.02 Å². The van der Waals surface area contributed by atoms with Gasteiger partial charge < -0.3 is 10.2 Å². The van der Waals surface area contributed by atoms with Crippen LogP contribution in [0, 0.1) is 11.7 Å². The highest BCUT2D eigenvalue weighted by Crippen LogP contribution is 2.42. The third-order valence-corrected chi connectivity index (χ3v) is 7.32. The van der Waals surface area contributed by atoms with Crippen LogP contribution in [0.25, 0.3) is 0 Å². The molecule has 4 nitrogen and oxygen atoms in total. The zero-order chi connectivity index (χ0) is 22.7. The number of amides is 2. The zero-order valence-corrected chi connectivity index (χ0v) is 19.0. The molecule has 32 heavy (non-hydrogen) atoms. The number of benzene rings is 3. The number of carbonyl (C=O) groups excluding carboxylic acids is 2. The quantitative estimate of drug-likeness (QED) is 0.524. The fraction of sp³-hybridized carbons (Fsp3) is 0.200. The van der Waals surface area contributed by atoms with E-state index in [1.165, 1.54) is 17.8 Å². The lowest BCUT2D eigenvalue weighted by atomic mass is 10.0. The predicted octanol–water partition coefficient (Wildman–Crippen LogP) is 5.44. The zero-order valence-electron chi connectivity index (χ0n) is 17.4. The average molecular weight is 469 g/mol. The van der Waals surface area contributed by atoms with Gasteiger partial charge in [-0.3, -0.25) is 9.59 Å². The van der Waals surface area contributed by atoms with Crippen LogP contribution in [0.4, 0.5) is 10.1 Å². The van der Waals surface area contributed by atoms with Crippen molar-refractivity contribution < 1.29 is 14.0 Å². The van der Waals surface area contributed by atoms with Crippen molar-refractivity contribution in [1.82, 2.24) is 5.32 Å². The highest BCUT2D eigenvalue weighted by molar-refractivity contribution is 8.01. The summed E-state index contributed by atoms with van der Waals surface area (Å²) in [6.45, 7) is 2.13. The number of anilines is 1. The minimum absolute atomic E-state index is 0.105. The van der Waals surface area contributed by atoms with Gasteiger partial charge in [0.2, 0.25) is 11.8 Å². The highest BCUT2D eigenvalue weighted by Gasteiger charge is 2.39. The topological polar surface area (TPSA) is 49.4 Å². The number of fused-ring (bicyclic) bond motifs is 1. The lowest BCUT2D eigenvalue weighted by Gasteiger charge is -2.35. The first-order valence-corrected chi connectivity index (χ1v) is 11.5. The summed E-state index contributed by atoms with van der Waals surface area (Å²) in [6, 6.07) is 21.2. The Balaban J connectivity index is 1.55. The molecule has 7 heteroatoms. The van der Waals surface area contributed by atoms with E-state index in [1.807, 2.05) is 42.5 Å². The monoisotopic (exact) mass is 468 g/mol. The normalized spacial score (nSPS) is 16.4. The smallest absolute Gasteiger partial charge is 0.241 e. The van der Waals surface area contributed by atoms with E-state index >= 15 is 0 Å². The van der Waals surface area contributed by atoms with E-state index in [-0.39, 0.29) is 30.7 Å². The van der Waals surface area contributed by atoms with Crippen LogP contribution in [0.1, 0.15) is 18.1 Å². The molecular weight excluding hydrogens is 447 g/mol. The van der Waals surface area contributed by atoms with E-state index in [1.54, 1.807) is 36.1 Å². The third-order valence-electron chi connectivity index (χ3n) is 5.48. The largest absolute Gasteiger partial charge is 0.352 e. The van der Waals surface area contributed by atoms with Crippen molar-refractivity contribution >= 4 is 40.9 Å². The summed E-state index contributed by atoms with van der Waals surface area (Å²) in [5, 5.41) is 2.84. The summed E-state index contributed by atoms with van der Waals surface area (Å²) < 4.78 is 14.3. The molecule has 3 aromatic rings. The molecule has 0 aliphatic carbocycles. The van der Waals surface area contributed by atoms with E-state index in [9.17, 15) is 14.0 Å². The van der Waals surface area contributed by atoms with Crippen LogP contribution in [0.5, 0.6) is 0 Å². The molecule has 4 rings (SSSR count). The molecule has 1 aliphatic heterocycles. The summed E-state index contributed by atoms with van der Waals surface area (Å²) in [5.41, 5.74) is 1.96. The number of carbonyl (C=O) groups is 2. The number of thioether (sulfide) groups is 1. The van der Waals surface area contributed by atoms with Gasteiger partial charge in [0, 0.05) is 22.0 Å². The van der Waals surface area contributed by atoms with Gasteiger partial charge in [-0.1, -0.05) is 67.1 Å². The molecule has 0 spiro atoms. The maximum atomic E-state index is 14.3. The molecule has 3 aromatic carbocycles. The van der Waals surface area contributed by atoms with Crippen molar-refractivity contribution in [1.29, 1.82) is 0 Å². The average Bonchev–Trinajstić information content (AvgIpc) is 2.80. The van der Waals surface area contributed by atoms with Crippen molar-refractivity contribution in [2.45, 2.75) is 30.2 Å². The van der Waals surface area contributed by atoms with Crippen molar-refractivity contribution in [2.75, 3.05) is 4.90 Å². The van der Waals surface area contributed by atoms with Crippen molar-refractivity contribution in [3.8, 4) is 0 Å². The molecule has 0 aromatic heterocycles. The Morgan fingerprint density at radius 1 is 1.06 bits per heavy atom. The molecule has 164 valence electrons. The lowest BCUT2D eigenvalue weighted by Crippen LogP contribution is -2.47. The molecule has 0 radical (unpaired) electrons. The maximum absolute atomic E-state index is 14.3. The van der Waals surface area contributed by atoms with E-state index in [0.717, 1.165) is 16.1 Å². The molecule has 2 amide bonds. The van der Waals surface area contributed by atoms with Gasteiger partial charge >= 0.3 is 0 Å². The molecule has 2 atom stereocenters. The van der Waals surface area contributed by atoms with Crippen LogP contribution >= 0.6 is 23.4 Å². The second kappa shape index (κ2) is 9.76. The van der Waals surface area contributed by atoms with Gasteiger partial charge in [0.25, 0.3) is 0 Å². The minimum atomic E-state index is -0.622. The number of hydrogen-bond acceptors (Lipinski definition) is 3. The molecule has 1 N–H and O–H groups in total. The summed E-state index contributed by atoms with van der Waals surface area (Å²) in [6.07, 6.45) is 0. The summed E-state index contributed by atoms with van der Waals surface area (Å²) in [4.78, 5) is 28.8. The summed E-state index contributed by atoms with van der Waals surface area (Å²) in [5.74, 6) is -1.40. The molecule has 0 unspecified atom stereocenters. The highest BCUT2D eigenvalue weighted by atomic mass is 35.5. The Morgan fingerprint density at radius 2 is 1.72 bits per heavy atom. The molecule has 0 saturated carbocycles. The number of nitrogens with zero attached hydrogens (tertiary/aromatic N) is 1. The summed E-state index contributed by atoms with van der Waals surface area (Å²) >= 11 is 7.55. The fourth-order valence-electron chi connectivity index (χ4n) is 3.64. The van der Waals surface area contributed by atoms with Crippen LogP contribution in [0.3, 0.4) is 0 Å². The summed E-state index contributed by atoms with van der Waals surface area (Å²) in [7, 11) is 0. The second-order valence-electron chi connectivity index (χ2n) is 7.62. The van der Waals surface area contributed by atoms with Gasteiger partial charge in [-0.15, -0.1) is 11.8 Å². The van der Waals surface area contributed by atoms with Gasteiger partial charge in [-0.25, -0.2) is 4.39 Å². The molecule has 1 heterocycles. The third kappa shape index (κ3) is 4.66.